The van der Waals surface area contributed by atoms with E-state index < -0.39 is 0 Å². The lowest BCUT2D eigenvalue weighted by Gasteiger charge is -2.29. The van der Waals surface area contributed by atoms with E-state index in [9.17, 15) is 9.59 Å². The maximum atomic E-state index is 13.3. The number of amides is 1. The van der Waals surface area contributed by atoms with Gasteiger partial charge in [-0.3, -0.25) is 19.5 Å². The summed E-state index contributed by atoms with van der Waals surface area (Å²) >= 11 is 0. The van der Waals surface area contributed by atoms with Gasteiger partial charge in [0.2, 0.25) is 0 Å². The molecule has 4 heterocycles. The lowest BCUT2D eigenvalue weighted by molar-refractivity contribution is 0.0951. The summed E-state index contributed by atoms with van der Waals surface area (Å²) in [5.74, 6) is -0.276. The fourth-order valence-corrected chi connectivity index (χ4v) is 4.34. The van der Waals surface area contributed by atoms with E-state index in [1.54, 1.807) is 6.20 Å². The van der Waals surface area contributed by atoms with Crippen LogP contribution in [0.3, 0.4) is 0 Å². The zero-order valence-corrected chi connectivity index (χ0v) is 17.9. The molecule has 1 amide bonds. The number of aryl methyl sites for hydroxylation is 1. The van der Waals surface area contributed by atoms with Gasteiger partial charge >= 0.3 is 0 Å². The highest BCUT2D eigenvalue weighted by molar-refractivity contribution is 5.99. The van der Waals surface area contributed by atoms with Crippen LogP contribution in [-0.2, 0) is 33.1 Å². The Labute approximate surface area is 185 Å². The van der Waals surface area contributed by atoms with Crippen molar-refractivity contribution in [3.63, 3.8) is 0 Å². The second kappa shape index (κ2) is 8.39. The molecule has 0 bridgehead atoms. The first kappa shape index (κ1) is 20.1. The fraction of sp³-hybridized carbons (Fsp3) is 0.250. The third kappa shape index (κ3) is 3.69. The number of rotatable bonds is 5. The molecule has 0 unspecified atom stereocenters. The van der Waals surface area contributed by atoms with Crippen LogP contribution in [0.4, 0.5) is 0 Å². The minimum Gasteiger partial charge on any atom is -0.346 e. The van der Waals surface area contributed by atoms with E-state index in [-0.39, 0.29) is 11.5 Å². The van der Waals surface area contributed by atoms with Gasteiger partial charge in [0.1, 0.15) is 5.56 Å². The van der Waals surface area contributed by atoms with Crippen molar-refractivity contribution in [1.82, 2.24) is 29.4 Å². The van der Waals surface area contributed by atoms with Crippen LogP contribution in [0.1, 0.15) is 32.9 Å². The molecule has 0 radical (unpaired) electrons. The molecule has 0 spiro atoms. The van der Waals surface area contributed by atoms with Gasteiger partial charge in [0.15, 0.2) is 5.65 Å². The van der Waals surface area contributed by atoms with Crippen LogP contribution in [0.25, 0.3) is 5.65 Å². The number of fused-ring (bicyclic) bond motifs is 2. The SMILES string of the molecule is Cn1c2c(c(=O)n3ncc(C(=O)NCc4ccccn4)c13)CN(Cc1ccccc1)CC2. The van der Waals surface area contributed by atoms with E-state index in [2.05, 4.69) is 32.4 Å². The molecule has 162 valence electrons. The highest BCUT2D eigenvalue weighted by atomic mass is 16.2. The van der Waals surface area contributed by atoms with Crippen molar-refractivity contribution < 1.29 is 4.79 Å². The predicted octanol–water partition coefficient (Wildman–Crippen LogP) is 1.92. The van der Waals surface area contributed by atoms with E-state index in [0.717, 1.165) is 36.5 Å². The fourth-order valence-electron chi connectivity index (χ4n) is 4.34. The Morgan fingerprint density at radius 1 is 1.12 bits per heavy atom. The van der Waals surface area contributed by atoms with Gasteiger partial charge in [0.25, 0.3) is 11.5 Å². The predicted molar refractivity (Wildman–Crippen MR) is 120 cm³/mol. The van der Waals surface area contributed by atoms with E-state index in [1.807, 2.05) is 48.0 Å². The molecule has 4 aromatic rings. The van der Waals surface area contributed by atoms with Crippen molar-refractivity contribution in [2.75, 3.05) is 6.54 Å². The average Bonchev–Trinajstić information content (AvgIpc) is 3.28. The van der Waals surface area contributed by atoms with Gasteiger partial charge in [-0.2, -0.15) is 9.61 Å². The van der Waals surface area contributed by atoms with Crippen LogP contribution in [0.15, 0.2) is 65.7 Å². The summed E-state index contributed by atoms with van der Waals surface area (Å²) in [6.45, 7) is 2.51. The number of benzene rings is 1. The van der Waals surface area contributed by atoms with Gasteiger partial charge < -0.3 is 9.88 Å². The van der Waals surface area contributed by atoms with Gasteiger partial charge in [0.05, 0.1) is 24.0 Å². The van der Waals surface area contributed by atoms with Crippen LogP contribution < -0.4 is 10.9 Å². The second-order valence-electron chi connectivity index (χ2n) is 8.03. The zero-order valence-electron chi connectivity index (χ0n) is 17.9. The number of hydrogen-bond acceptors (Lipinski definition) is 5. The van der Waals surface area contributed by atoms with Gasteiger partial charge in [-0.15, -0.1) is 0 Å². The van der Waals surface area contributed by atoms with Gasteiger partial charge in [-0.05, 0) is 17.7 Å². The highest BCUT2D eigenvalue weighted by Gasteiger charge is 2.26. The van der Waals surface area contributed by atoms with Crippen molar-refractivity contribution in [3.05, 3.63) is 99.4 Å². The van der Waals surface area contributed by atoms with Crippen LogP contribution in [0, 0.1) is 0 Å². The Morgan fingerprint density at radius 2 is 1.94 bits per heavy atom. The quantitative estimate of drug-likeness (QED) is 0.525. The summed E-state index contributed by atoms with van der Waals surface area (Å²) in [7, 11) is 1.90. The summed E-state index contributed by atoms with van der Waals surface area (Å²) in [5.41, 5.74) is 4.44. The Bertz CT molecular complexity index is 1330. The third-order valence-corrected chi connectivity index (χ3v) is 5.96. The number of hydrogen-bond donors (Lipinski definition) is 1. The summed E-state index contributed by atoms with van der Waals surface area (Å²) in [6.07, 6.45) is 3.90. The van der Waals surface area contributed by atoms with E-state index in [0.29, 0.717) is 24.3 Å². The maximum absolute atomic E-state index is 13.3. The number of carbonyl (C=O) groups excluding carboxylic acids is 1. The molecular weight excluding hydrogens is 404 g/mol. The van der Waals surface area contributed by atoms with Gasteiger partial charge in [-0.25, -0.2) is 0 Å². The minimum absolute atomic E-state index is 0.158. The summed E-state index contributed by atoms with van der Waals surface area (Å²) < 4.78 is 3.29. The maximum Gasteiger partial charge on any atom is 0.279 e. The van der Waals surface area contributed by atoms with Crippen molar-refractivity contribution in [2.45, 2.75) is 26.1 Å². The number of nitrogens with zero attached hydrogens (tertiary/aromatic N) is 5. The Morgan fingerprint density at radius 3 is 2.72 bits per heavy atom. The normalized spacial score (nSPS) is 13.8. The van der Waals surface area contributed by atoms with Crippen LogP contribution in [0.2, 0.25) is 0 Å². The summed E-state index contributed by atoms with van der Waals surface area (Å²) in [5, 5.41) is 7.14. The second-order valence-corrected chi connectivity index (χ2v) is 8.03. The zero-order chi connectivity index (χ0) is 22.1. The van der Waals surface area contributed by atoms with Gasteiger partial charge in [0, 0.05) is 45.0 Å². The third-order valence-electron chi connectivity index (χ3n) is 5.96. The van der Waals surface area contributed by atoms with Crippen molar-refractivity contribution in [3.8, 4) is 0 Å². The minimum atomic E-state index is -0.276. The molecule has 0 saturated carbocycles. The van der Waals surface area contributed by atoms with Crippen molar-refractivity contribution in [2.24, 2.45) is 7.05 Å². The topological polar surface area (TPSA) is 84.5 Å². The average molecular weight is 428 g/mol. The van der Waals surface area contributed by atoms with Crippen LogP contribution in [0.5, 0.6) is 0 Å². The Hall–Kier alpha value is -3.78. The standard InChI is InChI=1S/C24H24N6O2/c1-28-21-10-12-29(15-17-7-3-2-4-8-17)16-20(21)24(32)30-23(28)19(14-27-30)22(31)26-13-18-9-5-6-11-25-18/h2-9,11,14H,10,12-13,15-16H2,1H3,(H,26,31). The smallest absolute Gasteiger partial charge is 0.279 e. The van der Waals surface area contributed by atoms with Crippen molar-refractivity contribution >= 4 is 11.6 Å². The summed E-state index contributed by atoms with van der Waals surface area (Å²) in [6, 6.07) is 15.8. The van der Waals surface area contributed by atoms with E-state index in [1.165, 1.54) is 16.3 Å². The monoisotopic (exact) mass is 428 g/mol. The lowest BCUT2D eigenvalue weighted by Crippen LogP contribution is -2.38. The number of nitrogens with one attached hydrogen (secondary N) is 1. The molecule has 5 rings (SSSR count). The first-order chi connectivity index (χ1) is 15.6. The van der Waals surface area contributed by atoms with E-state index >= 15 is 0 Å². The van der Waals surface area contributed by atoms with Crippen LogP contribution in [-0.4, -0.2) is 36.5 Å². The molecule has 1 aliphatic rings. The molecule has 3 aromatic heterocycles. The first-order valence-corrected chi connectivity index (χ1v) is 10.6. The number of pyridine rings is 1. The molecule has 1 aromatic carbocycles. The molecule has 8 nitrogen and oxygen atoms in total. The Balaban J connectivity index is 1.43. The summed E-state index contributed by atoms with van der Waals surface area (Å²) in [4.78, 5) is 32.6. The van der Waals surface area contributed by atoms with E-state index in [4.69, 9.17) is 0 Å². The largest absolute Gasteiger partial charge is 0.346 e. The molecule has 0 atom stereocenters. The van der Waals surface area contributed by atoms with Crippen molar-refractivity contribution in [1.29, 1.82) is 0 Å². The molecule has 0 saturated heterocycles. The molecule has 8 heteroatoms. The first-order valence-electron chi connectivity index (χ1n) is 10.6. The lowest BCUT2D eigenvalue weighted by atomic mass is 10.1. The molecule has 32 heavy (non-hydrogen) atoms. The Kier molecular flexibility index (Phi) is 5.28. The molecule has 0 fully saturated rings. The number of aromatic nitrogens is 4. The molecule has 1 N–H and O–H groups in total. The number of carbonyl (C=O) groups is 1. The van der Waals surface area contributed by atoms with Crippen LogP contribution >= 0.6 is 0 Å². The van der Waals surface area contributed by atoms with Gasteiger partial charge in [-0.1, -0.05) is 36.4 Å². The highest BCUT2D eigenvalue weighted by Crippen LogP contribution is 2.21. The molecule has 1 aliphatic heterocycles. The molecular formula is C24H24N6O2. The molecule has 0 aliphatic carbocycles.